The van der Waals surface area contributed by atoms with Gasteiger partial charge in [-0.1, -0.05) is 80.5 Å². The number of hydrogen-bond acceptors (Lipinski definition) is 6. The Morgan fingerprint density at radius 2 is 1.75 bits per heavy atom. The number of carbonyl (C=O) groups is 1. The SMILES string of the molecule is CCCCCCCCOc1ccc(Cl)cc1/C=N/NC(=O)c1ccc(-c2csc(Nc3ccc(C)cc3)n2)cc1. The van der Waals surface area contributed by atoms with Crippen LogP contribution in [0.15, 0.2) is 77.2 Å². The number of nitrogens with zero attached hydrogens (tertiary/aromatic N) is 2. The number of hydrogen-bond donors (Lipinski definition) is 2. The van der Waals surface area contributed by atoms with Gasteiger partial charge in [0.1, 0.15) is 5.75 Å². The molecule has 0 bridgehead atoms. The average Bonchev–Trinajstić information content (AvgIpc) is 3.43. The molecule has 1 aromatic heterocycles. The van der Waals surface area contributed by atoms with Gasteiger partial charge in [0, 0.05) is 32.8 Å². The third-order valence-electron chi connectivity index (χ3n) is 6.35. The van der Waals surface area contributed by atoms with Crippen molar-refractivity contribution in [1.29, 1.82) is 0 Å². The van der Waals surface area contributed by atoms with E-state index < -0.39 is 0 Å². The topological polar surface area (TPSA) is 75.6 Å². The number of halogens is 1. The van der Waals surface area contributed by atoms with E-state index in [1.165, 1.54) is 42.6 Å². The van der Waals surface area contributed by atoms with Gasteiger partial charge in [-0.15, -0.1) is 11.3 Å². The fraction of sp³-hybridized carbons (Fsp3) is 0.281. The maximum absolute atomic E-state index is 12.7. The smallest absolute Gasteiger partial charge is 0.271 e. The first-order valence-corrected chi connectivity index (χ1v) is 14.9. The van der Waals surface area contributed by atoms with Crippen LogP contribution in [0.25, 0.3) is 11.3 Å². The molecule has 0 atom stereocenters. The number of nitrogens with one attached hydrogen (secondary N) is 2. The van der Waals surface area contributed by atoms with E-state index in [0.717, 1.165) is 34.9 Å². The van der Waals surface area contributed by atoms with E-state index in [4.69, 9.17) is 16.3 Å². The van der Waals surface area contributed by atoms with E-state index in [0.29, 0.717) is 28.5 Å². The molecular formula is C32H35ClN4O2S. The van der Waals surface area contributed by atoms with Crippen molar-refractivity contribution in [2.45, 2.75) is 52.4 Å². The van der Waals surface area contributed by atoms with Crippen LogP contribution in [-0.4, -0.2) is 23.7 Å². The Labute approximate surface area is 245 Å². The lowest BCUT2D eigenvalue weighted by molar-refractivity contribution is 0.0955. The summed E-state index contributed by atoms with van der Waals surface area (Å²) in [5.41, 5.74) is 7.79. The summed E-state index contributed by atoms with van der Waals surface area (Å²) < 4.78 is 5.96. The van der Waals surface area contributed by atoms with Crippen LogP contribution in [0.4, 0.5) is 10.8 Å². The summed E-state index contributed by atoms with van der Waals surface area (Å²) in [7, 11) is 0. The number of carbonyl (C=O) groups excluding carboxylic acids is 1. The van der Waals surface area contributed by atoms with E-state index in [2.05, 4.69) is 46.8 Å². The average molecular weight is 575 g/mol. The molecule has 3 aromatic carbocycles. The molecule has 4 aromatic rings. The quantitative estimate of drug-likeness (QED) is 0.0894. The van der Waals surface area contributed by atoms with Gasteiger partial charge in [-0.3, -0.25) is 4.79 Å². The maximum Gasteiger partial charge on any atom is 0.271 e. The molecule has 1 amide bonds. The molecule has 0 aliphatic heterocycles. The molecule has 40 heavy (non-hydrogen) atoms. The van der Waals surface area contributed by atoms with Crippen molar-refractivity contribution in [2.75, 3.05) is 11.9 Å². The first-order chi connectivity index (χ1) is 19.5. The highest BCUT2D eigenvalue weighted by Gasteiger charge is 2.09. The highest BCUT2D eigenvalue weighted by molar-refractivity contribution is 7.14. The van der Waals surface area contributed by atoms with Gasteiger partial charge in [0.25, 0.3) is 5.91 Å². The minimum atomic E-state index is -0.306. The molecule has 4 rings (SSSR count). The summed E-state index contributed by atoms with van der Waals surface area (Å²) >= 11 is 7.72. The first-order valence-electron chi connectivity index (χ1n) is 13.7. The number of aromatic nitrogens is 1. The van der Waals surface area contributed by atoms with E-state index >= 15 is 0 Å². The number of rotatable bonds is 14. The predicted octanol–water partition coefficient (Wildman–Crippen LogP) is 9.02. The standard InChI is InChI=1S/C32H35ClN4O2S/c1-3-4-5-6-7-8-19-39-30-18-15-27(33)20-26(30)21-34-37-31(38)25-13-11-24(12-14-25)29-22-40-32(36-29)35-28-16-9-23(2)10-17-28/h9-18,20-22H,3-8,19H2,1-2H3,(H,35,36)(H,37,38)/b34-21+. The monoisotopic (exact) mass is 574 g/mol. The fourth-order valence-corrected chi connectivity index (χ4v) is 4.98. The number of thiazole rings is 1. The molecule has 2 N–H and O–H groups in total. The van der Waals surface area contributed by atoms with Crippen LogP contribution in [0.5, 0.6) is 5.75 Å². The molecule has 0 aliphatic carbocycles. The number of anilines is 2. The molecule has 0 unspecified atom stereocenters. The van der Waals surface area contributed by atoms with Crippen LogP contribution >= 0.6 is 22.9 Å². The van der Waals surface area contributed by atoms with Gasteiger partial charge >= 0.3 is 0 Å². The van der Waals surface area contributed by atoms with Crippen molar-refractivity contribution in [1.82, 2.24) is 10.4 Å². The molecule has 0 radical (unpaired) electrons. The Morgan fingerprint density at radius 3 is 2.52 bits per heavy atom. The third-order valence-corrected chi connectivity index (χ3v) is 7.34. The lowest BCUT2D eigenvalue weighted by Crippen LogP contribution is -2.17. The zero-order valence-corrected chi connectivity index (χ0v) is 24.5. The highest BCUT2D eigenvalue weighted by Crippen LogP contribution is 2.27. The minimum absolute atomic E-state index is 0.306. The van der Waals surface area contributed by atoms with Gasteiger partial charge in [0.15, 0.2) is 5.13 Å². The summed E-state index contributed by atoms with van der Waals surface area (Å²) in [6, 6.07) is 20.9. The van der Waals surface area contributed by atoms with E-state index in [-0.39, 0.29) is 5.91 Å². The fourth-order valence-electron chi connectivity index (χ4n) is 4.06. The Hall–Kier alpha value is -3.68. The van der Waals surface area contributed by atoms with Crippen LogP contribution in [0, 0.1) is 6.92 Å². The number of unbranched alkanes of at least 4 members (excludes halogenated alkanes) is 5. The number of hydrazone groups is 1. The van der Waals surface area contributed by atoms with Gasteiger partial charge in [-0.2, -0.15) is 5.10 Å². The summed E-state index contributed by atoms with van der Waals surface area (Å²) in [6.45, 7) is 4.91. The Balaban J connectivity index is 1.30. The van der Waals surface area contributed by atoms with E-state index in [1.54, 1.807) is 30.5 Å². The van der Waals surface area contributed by atoms with Crippen LogP contribution < -0.4 is 15.5 Å². The highest BCUT2D eigenvalue weighted by atomic mass is 35.5. The van der Waals surface area contributed by atoms with Crippen LogP contribution in [0.2, 0.25) is 5.02 Å². The summed E-state index contributed by atoms with van der Waals surface area (Å²) in [5.74, 6) is 0.388. The van der Waals surface area contributed by atoms with Crippen LogP contribution in [-0.2, 0) is 0 Å². The zero-order valence-electron chi connectivity index (χ0n) is 23.0. The first kappa shape index (κ1) is 29.3. The number of benzene rings is 3. The minimum Gasteiger partial charge on any atom is -0.493 e. The third kappa shape index (κ3) is 8.93. The van der Waals surface area contributed by atoms with Crippen molar-refractivity contribution in [3.63, 3.8) is 0 Å². The van der Waals surface area contributed by atoms with Gasteiger partial charge in [0.05, 0.1) is 18.5 Å². The largest absolute Gasteiger partial charge is 0.493 e. The molecule has 0 aliphatic rings. The molecule has 0 fully saturated rings. The molecule has 6 nitrogen and oxygen atoms in total. The lowest BCUT2D eigenvalue weighted by atomic mass is 10.1. The molecule has 0 spiro atoms. The summed E-state index contributed by atoms with van der Waals surface area (Å²) in [4.78, 5) is 17.4. The second-order valence-corrected chi connectivity index (χ2v) is 10.9. The molecule has 1 heterocycles. The number of ether oxygens (including phenoxy) is 1. The maximum atomic E-state index is 12.7. The summed E-state index contributed by atoms with van der Waals surface area (Å²) in [6.07, 6.45) is 8.75. The van der Waals surface area contributed by atoms with Crippen molar-refractivity contribution in [2.24, 2.45) is 5.10 Å². The second-order valence-electron chi connectivity index (χ2n) is 9.60. The van der Waals surface area contributed by atoms with Crippen LogP contribution in [0.3, 0.4) is 0 Å². The van der Waals surface area contributed by atoms with Crippen molar-refractivity contribution < 1.29 is 9.53 Å². The summed E-state index contributed by atoms with van der Waals surface area (Å²) in [5, 5.41) is 10.9. The second kappa shape index (κ2) is 15.2. The van der Waals surface area contributed by atoms with Crippen molar-refractivity contribution in [3.8, 4) is 17.0 Å². The molecule has 0 saturated heterocycles. The number of aryl methyl sites for hydroxylation is 1. The lowest BCUT2D eigenvalue weighted by Gasteiger charge is -2.09. The predicted molar refractivity (Wildman–Crippen MR) is 167 cm³/mol. The van der Waals surface area contributed by atoms with Crippen molar-refractivity contribution in [3.05, 3.63) is 93.8 Å². The molecule has 208 valence electrons. The molecular weight excluding hydrogens is 540 g/mol. The van der Waals surface area contributed by atoms with Crippen LogP contribution in [0.1, 0.15) is 66.9 Å². The molecule has 0 saturated carbocycles. The van der Waals surface area contributed by atoms with Crippen molar-refractivity contribution >= 4 is 45.9 Å². The Kier molecular flexibility index (Phi) is 11.1. The van der Waals surface area contributed by atoms with Gasteiger partial charge in [-0.05, 0) is 55.8 Å². The Bertz CT molecular complexity index is 1400. The normalized spacial score (nSPS) is 11.1. The Morgan fingerprint density at radius 1 is 1.00 bits per heavy atom. The van der Waals surface area contributed by atoms with Gasteiger partial charge in [0.2, 0.25) is 0 Å². The van der Waals surface area contributed by atoms with E-state index in [9.17, 15) is 4.79 Å². The van der Waals surface area contributed by atoms with Gasteiger partial charge in [-0.25, -0.2) is 10.4 Å². The number of amides is 1. The molecule has 8 heteroatoms. The van der Waals surface area contributed by atoms with Gasteiger partial charge < -0.3 is 10.1 Å². The zero-order chi connectivity index (χ0) is 28.2. The van der Waals surface area contributed by atoms with E-state index in [1.807, 2.05) is 35.7 Å².